The van der Waals surface area contributed by atoms with Crippen LogP contribution in [-0.4, -0.2) is 150 Å². The van der Waals surface area contributed by atoms with Crippen LogP contribution in [0.1, 0.15) is 0 Å². The van der Waals surface area contributed by atoms with Gasteiger partial charge in [0.25, 0.3) is 0 Å². The Morgan fingerprint density at radius 2 is 0.315 bits per heavy atom. The molecular formula is C25H12F32O16. The van der Waals surface area contributed by atoms with E-state index in [0.717, 1.165) is 18.9 Å². The topological polar surface area (TPSA) is 179 Å². The molecule has 0 saturated carbocycles. The molecule has 0 bridgehead atoms. The molecule has 0 radical (unpaired) electrons. The van der Waals surface area contributed by atoms with Gasteiger partial charge in [-0.1, -0.05) is 0 Å². The quantitative estimate of drug-likeness (QED) is 0.0415. The maximum absolute atomic E-state index is 15.8. The molecule has 0 rings (SSSR count). The van der Waals surface area contributed by atoms with Crippen LogP contribution in [0, 0.1) is 5.41 Å². The Morgan fingerprint density at radius 3 is 0.425 bits per heavy atom. The van der Waals surface area contributed by atoms with Gasteiger partial charge < -0.3 is 18.9 Å². The van der Waals surface area contributed by atoms with Crippen molar-refractivity contribution in [3.8, 4) is 0 Å². The van der Waals surface area contributed by atoms with Gasteiger partial charge in [0, 0.05) is 0 Å². The highest BCUT2D eigenvalue weighted by molar-refractivity contribution is 5.76. The van der Waals surface area contributed by atoms with Gasteiger partial charge in [0.15, 0.2) is 0 Å². The lowest BCUT2D eigenvalue weighted by atomic mass is 9.80. The number of alkyl halides is 32. The molecule has 48 heteroatoms. The van der Waals surface area contributed by atoms with Crippen LogP contribution in [0.4, 0.5) is 140 Å². The van der Waals surface area contributed by atoms with Crippen LogP contribution in [-0.2, 0) is 76.0 Å². The van der Waals surface area contributed by atoms with Crippen molar-refractivity contribution in [1.82, 2.24) is 0 Å². The van der Waals surface area contributed by atoms with E-state index in [0.29, 0.717) is 0 Å². The number of hydrogen-bond donors (Lipinski definition) is 0. The Morgan fingerprint density at radius 1 is 0.205 bits per heavy atom. The molecule has 0 amide bonds. The van der Waals surface area contributed by atoms with E-state index in [1.807, 2.05) is 0 Å². The zero-order chi connectivity index (χ0) is 59.3. The summed E-state index contributed by atoms with van der Waals surface area (Å²) in [7, 11) is -1.76. The molecule has 0 aliphatic carbocycles. The van der Waals surface area contributed by atoms with E-state index in [4.69, 9.17) is 0 Å². The lowest BCUT2D eigenvalue weighted by Crippen LogP contribution is -2.78. The predicted octanol–water partition coefficient (Wildman–Crippen LogP) is 8.28. The third-order valence-electron chi connectivity index (χ3n) is 6.84. The number of methoxy groups -OCH3 is 4. The average Bonchev–Trinajstić information content (AvgIpc) is 3.12. The number of carbonyl (C=O) groups excluding carboxylic acids is 4. The number of ether oxygens (including phenoxy) is 12. The highest BCUT2D eigenvalue weighted by atomic mass is 19.4. The maximum atomic E-state index is 15.8. The molecule has 0 aliphatic heterocycles. The van der Waals surface area contributed by atoms with E-state index in [9.17, 15) is 125 Å². The maximum Gasteiger partial charge on any atom is 0.460 e. The van der Waals surface area contributed by atoms with Crippen molar-refractivity contribution in [2.75, 3.05) is 28.4 Å². The third-order valence-corrected chi connectivity index (χ3v) is 6.84. The minimum absolute atomic E-state index is 0.441. The fourth-order valence-electron chi connectivity index (χ4n) is 3.73. The van der Waals surface area contributed by atoms with E-state index in [1.54, 1.807) is 0 Å². The molecule has 0 atom stereocenters. The zero-order valence-corrected chi connectivity index (χ0v) is 33.1. The summed E-state index contributed by atoms with van der Waals surface area (Å²) in [6, 6.07) is 0. The van der Waals surface area contributed by atoms with Gasteiger partial charge in [-0.3, -0.25) is 0 Å². The second kappa shape index (κ2) is 20.1. The van der Waals surface area contributed by atoms with Gasteiger partial charge in [-0.05, 0) is 0 Å². The summed E-state index contributed by atoms with van der Waals surface area (Å²) in [5.74, 6) is -15.6. The molecule has 0 aromatic rings. The van der Waals surface area contributed by atoms with Crippen LogP contribution in [0.5, 0.6) is 0 Å². The Balaban J connectivity index is 9.57. The number of rotatable bonds is 28. The fourth-order valence-corrected chi connectivity index (χ4v) is 3.73. The molecule has 0 saturated heterocycles. The van der Waals surface area contributed by atoms with E-state index >= 15 is 35.1 Å². The SMILES string of the molecule is COC(=O)C(F)(F)OC(F)(F)C(F)(F)OC(F)(F)C(C(F)(F)OC(F)(F)C(F)(F)OC(F)(F)C(=O)OC)(C(F)(F)OC(F)(F)C(F)(F)OC(F)(F)C(=O)OC)C(F)(F)OC(F)(F)C(F)(F)OC(F)(F)C(=O)OC. The summed E-state index contributed by atoms with van der Waals surface area (Å²) < 4.78 is 487. The first-order valence-electron chi connectivity index (χ1n) is 15.6. The first kappa shape index (κ1) is 68.3. The molecule has 0 aliphatic rings. The van der Waals surface area contributed by atoms with Gasteiger partial charge in [0.05, 0.1) is 28.4 Å². The Hall–Kier alpha value is -4.68. The van der Waals surface area contributed by atoms with Crippen LogP contribution in [0.2, 0.25) is 0 Å². The van der Waals surface area contributed by atoms with Gasteiger partial charge in [-0.15, -0.1) is 0 Å². The monoisotopic (exact) mass is 1180 g/mol. The normalized spacial score (nSPS) is 15.5. The number of hydrogen-bond acceptors (Lipinski definition) is 16. The molecule has 432 valence electrons. The van der Waals surface area contributed by atoms with Gasteiger partial charge >= 0.3 is 127 Å². The van der Waals surface area contributed by atoms with Crippen molar-refractivity contribution in [3.63, 3.8) is 0 Å². The first-order valence-corrected chi connectivity index (χ1v) is 15.6. The van der Waals surface area contributed by atoms with Gasteiger partial charge in [0.2, 0.25) is 0 Å². The molecule has 16 nitrogen and oxygen atoms in total. The van der Waals surface area contributed by atoms with Crippen molar-refractivity contribution in [2.45, 2.75) is 97.7 Å². The molecule has 0 fully saturated rings. The molecule has 0 aromatic carbocycles. The Kier molecular flexibility index (Phi) is 18.8. The molecule has 0 N–H and O–H groups in total. The van der Waals surface area contributed by atoms with E-state index in [-0.39, 0.29) is 0 Å². The van der Waals surface area contributed by atoms with Gasteiger partial charge in [-0.2, -0.15) is 140 Å². The Labute approximate surface area is 373 Å². The summed E-state index contributed by atoms with van der Waals surface area (Å²) in [5, 5.41) is 0. The smallest absolute Gasteiger partial charge is 0.460 e. The summed E-state index contributed by atoms with van der Waals surface area (Å²) in [4.78, 5) is 43.5. The van der Waals surface area contributed by atoms with Crippen LogP contribution < -0.4 is 0 Å². The second-order valence-electron chi connectivity index (χ2n) is 11.8. The van der Waals surface area contributed by atoms with Crippen molar-refractivity contribution < 1.29 is 217 Å². The number of carbonyl (C=O) groups is 4. The van der Waals surface area contributed by atoms with Crippen LogP contribution in [0.3, 0.4) is 0 Å². The van der Waals surface area contributed by atoms with E-state index in [1.165, 1.54) is 18.9 Å². The lowest BCUT2D eigenvalue weighted by molar-refractivity contribution is -0.641. The van der Waals surface area contributed by atoms with Crippen LogP contribution in [0.15, 0.2) is 0 Å². The molecule has 0 unspecified atom stereocenters. The fraction of sp³-hybridized carbons (Fsp3) is 0.840. The predicted molar refractivity (Wildman–Crippen MR) is 138 cm³/mol. The number of halogens is 32. The van der Waals surface area contributed by atoms with Crippen molar-refractivity contribution >= 4 is 23.9 Å². The largest absolute Gasteiger partial charge is 0.463 e. The summed E-state index contributed by atoms with van der Waals surface area (Å²) in [5.41, 5.74) is -11.0. The summed E-state index contributed by atoms with van der Waals surface area (Å²) in [6.45, 7) is 0. The highest BCUT2D eigenvalue weighted by Gasteiger charge is 2.99. The van der Waals surface area contributed by atoms with Crippen LogP contribution >= 0.6 is 0 Å². The second-order valence-corrected chi connectivity index (χ2v) is 11.8. The zero-order valence-electron chi connectivity index (χ0n) is 33.1. The van der Waals surface area contributed by atoms with E-state index in [2.05, 4.69) is 18.9 Å². The summed E-state index contributed by atoms with van der Waals surface area (Å²) >= 11 is 0. The lowest BCUT2D eigenvalue weighted by Gasteiger charge is -2.51. The van der Waals surface area contributed by atoms with Crippen molar-refractivity contribution in [2.24, 2.45) is 5.41 Å². The van der Waals surface area contributed by atoms with Crippen LogP contribution in [0.25, 0.3) is 0 Å². The number of esters is 4. The Bertz CT molecular complexity index is 1710. The highest BCUT2D eigenvalue weighted by Crippen LogP contribution is 2.70. The third kappa shape index (κ3) is 13.2. The van der Waals surface area contributed by atoms with Crippen molar-refractivity contribution in [1.29, 1.82) is 0 Å². The molecule has 73 heavy (non-hydrogen) atoms. The summed E-state index contributed by atoms with van der Waals surface area (Å²) in [6.07, 6.45) is -141. The van der Waals surface area contributed by atoms with Gasteiger partial charge in [0.1, 0.15) is 0 Å². The molecule has 0 heterocycles. The minimum Gasteiger partial charge on any atom is -0.463 e. The minimum atomic E-state index is -11.0. The van der Waals surface area contributed by atoms with Crippen molar-refractivity contribution in [3.05, 3.63) is 0 Å². The molecule has 0 aromatic heterocycles. The van der Waals surface area contributed by atoms with E-state index < -0.39 is 155 Å². The molecular weight excluding hydrogens is 1160 g/mol. The standard InChI is InChI=1S/C25H12F32O16/c1-62-5(58)9(26,27)66-18(42,43)22(50,51)70-14(34,35)13(15(36,37)71-23(52,53)19(44,45)67-10(28,29)6(59)63-2,16(38,39)72-24(54,55)20(46,47)68-11(30,31)7(60)64-3)17(40,41)73-25(56,57)21(48,49)69-12(32,33)8(61)65-4/h1-4H3. The molecule has 0 spiro atoms. The first-order chi connectivity index (χ1) is 31.6. The van der Waals surface area contributed by atoms with Gasteiger partial charge in [-0.25, -0.2) is 57.1 Å². The average molecular weight is 1180 g/mol.